The Morgan fingerprint density at radius 2 is 1.77 bits per heavy atom. The molecule has 2 aromatic carbocycles. The van der Waals surface area contributed by atoms with E-state index in [1.165, 1.54) is 7.11 Å². The Kier molecular flexibility index (Phi) is 5.38. The summed E-state index contributed by atoms with van der Waals surface area (Å²) in [4.78, 5) is 12.2. The largest absolute Gasteiger partial charge is 0.497 e. The molecule has 0 bridgehead atoms. The molecule has 7 heteroatoms. The van der Waals surface area contributed by atoms with Crippen LogP contribution >= 0.6 is 0 Å². The number of ether oxygens (including phenoxy) is 3. The van der Waals surface area contributed by atoms with Crippen LogP contribution < -0.4 is 19.5 Å². The molecule has 1 amide bonds. The number of anilines is 1. The lowest BCUT2D eigenvalue weighted by atomic mass is 10.1. The monoisotopic (exact) mass is 354 g/mol. The molecule has 0 aliphatic carbocycles. The SMILES string of the molecule is COc1ccc(-c2cnoc2NC(=O)COc2ccccc2OC)cc1. The Bertz CT molecular complexity index is 874. The summed E-state index contributed by atoms with van der Waals surface area (Å²) < 4.78 is 21.0. The fourth-order valence-corrected chi connectivity index (χ4v) is 2.35. The summed E-state index contributed by atoms with van der Waals surface area (Å²) in [6.07, 6.45) is 1.54. The molecule has 0 spiro atoms. The third-order valence-electron chi connectivity index (χ3n) is 3.65. The van der Waals surface area contributed by atoms with Gasteiger partial charge in [-0.05, 0) is 29.8 Å². The van der Waals surface area contributed by atoms with Crippen molar-refractivity contribution in [2.45, 2.75) is 0 Å². The molecule has 26 heavy (non-hydrogen) atoms. The van der Waals surface area contributed by atoms with Gasteiger partial charge < -0.3 is 18.7 Å². The number of methoxy groups -OCH3 is 2. The Balaban J connectivity index is 1.66. The van der Waals surface area contributed by atoms with Crippen LogP contribution in [0.5, 0.6) is 17.2 Å². The van der Waals surface area contributed by atoms with Crippen molar-refractivity contribution in [3.63, 3.8) is 0 Å². The lowest BCUT2D eigenvalue weighted by molar-refractivity contribution is -0.118. The minimum absolute atomic E-state index is 0.191. The van der Waals surface area contributed by atoms with Crippen LogP contribution in [-0.2, 0) is 4.79 Å². The lowest BCUT2D eigenvalue weighted by Gasteiger charge is -2.10. The van der Waals surface area contributed by atoms with Crippen LogP contribution in [0.25, 0.3) is 11.1 Å². The molecule has 7 nitrogen and oxygen atoms in total. The van der Waals surface area contributed by atoms with Crippen LogP contribution in [0.2, 0.25) is 0 Å². The van der Waals surface area contributed by atoms with E-state index in [1.807, 2.05) is 30.3 Å². The Morgan fingerprint density at radius 3 is 2.46 bits per heavy atom. The second-order valence-corrected chi connectivity index (χ2v) is 5.28. The van der Waals surface area contributed by atoms with Crippen LogP contribution in [0.15, 0.2) is 59.3 Å². The second kappa shape index (κ2) is 8.06. The maximum absolute atomic E-state index is 12.2. The van der Waals surface area contributed by atoms with Gasteiger partial charge in [0.2, 0.25) is 5.88 Å². The van der Waals surface area contributed by atoms with E-state index in [4.69, 9.17) is 18.7 Å². The summed E-state index contributed by atoms with van der Waals surface area (Å²) in [5.74, 6) is 1.66. The fraction of sp³-hybridized carbons (Fsp3) is 0.158. The molecule has 0 aliphatic heterocycles. The van der Waals surface area contributed by atoms with E-state index in [2.05, 4.69) is 10.5 Å². The second-order valence-electron chi connectivity index (χ2n) is 5.28. The maximum atomic E-state index is 12.2. The van der Waals surface area contributed by atoms with Gasteiger partial charge in [-0.15, -0.1) is 0 Å². The van der Waals surface area contributed by atoms with Gasteiger partial charge in [0.25, 0.3) is 5.91 Å². The summed E-state index contributed by atoms with van der Waals surface area (Å²) in [5.41, 5.74) is 1.51. The van der Waals surface area contributed by atoms with E-state index in [-0.39, 0.29) is 18.4 Å². The average molecular weight is 354 g/mol. The molecule has 0 aliphatic rings. The van der Waals surface area contributed by atoms with E-state index in [0.29, 0.717) is 17.1 Å². The first-order chi connectivity index (χ1) is 12.7. The van der Waals surface area contributed by atoms with Crippen molar-refractivity contribution in [1.82, 2.24) is 5.16 Å². The quantitative estimate of drug-likeness (QED) is 0.700. The molecule has 0 saturated heterocycles. The van der Waals surface area contributed by atoms with Crippen LogP contribution in [-0.4, -0.2) is 31.9 Å². The van der Waals surface area contributed by atoms with Crippen molar-refractivity contribution < 1.29 is 23.5 Å². The molecule has 0 radical (unpaired) electrons. The zero-order chi connectivity index (χ0) is 18.4. The van der Waals surface area contributed by atoms with E-state index in [1.54, 1.807) is 31.5 Å². The third kappa shape index (κ3) is 3.94. The molecule has 0 saturated carbocycles. The van der Waals surface area contributed by atoms with Gasteiger partial charge in [-0.25, -0.2) is 0 Å². The smallest absolute Gasteiger partial charge is 0.264 e. The van der Waals surface area contributed by atoms with Gasteiger partial charge in [-0.1, -0.05) is 29.4 Å². The van der Waals surface area contributed by atoms with Crippen LogP contribution in [0.3, 0.4) is 0 Å². The molecule has 0 unspecified atom stereocenters. The maximum Gasteiger partial charge on any atom is 0.264 e. The van der Waals surface area contributed by atoms with Crippen molar-refractivity contribution in [3.05, 3.63) is 54.7 Å². The van der Waals surface area contributed by atoms with Gasteiger partial charge in [-0.2, -0.15) is 0 Å². The first-order valence-electron chi connectivity index (χ1n) is 7.86. The Hall–Kier alpha value is -3.48. The highest BCUT2D eigenvalue weighted by atomic mass is 16.5. The van der Waals surface area contributed by atoms with E-state index in [9.17, 15) is 4.79 Å². The van der Waals surface area contributed by atoms with Crippen molar-refractivity contribution in [3.8, 4) is 28.4 Å². The van der Waals surface area contributed by atoms with Crippen LogP contribution in [0, 0.1) is 0 Å². The summed E-state index contributed by atoms with van der Waals surface area (Å²) in [6, 6.07) is 14.4. The zero-order valence-electron chi connectivity index (χ0n) is 14.4. The standard InChI is InChI=1S/C19H18N2O5/c1-23-14-9-7-13(8-10-14)15-11-20-26-19(15)21-18(22)12-25-17-6-4-3-5-16(17)24-2/h3-11H,12H2,1-2H3,(H,21,22). The summed E-state index contributed by atoms with van der Waals surface area (Å²) in [7, 11) is 3.14. The minimum Gasteiger partial charge on any atom is -0.497 e. The molecule has 3 rings (SSSR count). The van der Waals surface area contributed by atoms with Gasteiger partial charge in [0.15, 0.2) is 18.1 Å². The van der Waals surface area contributed by atoms with Crippen LogP contribution in [0.1, 0.15) is 0 Å². The molecule has 1 N–H and O–H groups in total. The molecule has 1 aromatic heterocycles. The summed E-state index contributed by atoms with van der Waals surface area (Å²) >= 11 is 0. The van der Waals surface area contributed by atoms with Gasteiger partial charge >= 0.3 is 0 Å². The number of rotatable bonds is 7. The summed E-state index contributed by atoms with van der Waals surface area (Å²) in [6.45, 7) is -0.191. The number of nitrogens with zero attached hydrogens (tertiary/aromatic N) is 1. The van der Waals surface area contributed by atoms with Gasteiger partial charge in [-0.3, -0.25) is 10.1 Å². The number of aromatic nitrogens is 1. The first-order valence-corrected chi connectivity index (χ1v) is 7.86. The average Bonchev–Trinajstić information content (AvgIpc) is 3.14. The predicted octanol–water partition coefficient (Wildman–Crippen LogP) is 3.38. The van der Waals surface area contributed by atoms with Crippen molar-refractivity contribution in [2.24, 2.45) is 0 Å². The molecule has 0 atom stereocenters. The van der Waals surface area contributed by atoms with Gasteiger partial charge in [0, 0.05) is 0 Å². The van der Waals surface area contributed by atoms with Crippen LogP contribution in [0.4, 0.5) is 5.88 Å². The molecule has 3 aromatic rings. The lowest BCUT2D eigenvalue weighted by Crippen LogP contribution is -2.20. The predicted molar refractivity (Wildman–Crippen MR) is 95.6 cm³/mol. The molecule has 134 valence electrons. The summed E-state index contributed by atoms with van der Waals surface area (Å²) in [5, 5.41) is 6.42. The van der Waals surface area contributed by atoms with Crippen molar-refractivity contribution >= 4 is 11.8 Å². The number of nitrogens with one attached hydrogen (secondary N) is 1. The van der Waals surface area contributed by atoms with Crippen molar-refractivity contribution in [2.75, 3.05) is 26.1 Å². The number of hydrogen-bond donors (Lipinski definition) is 1. The number of benzene rings is 2. The molecular formula is C19H18N2O5. The number of carbonyl (C=O) groups is 1. The Labute approximate surface area is 150 Å². The van der Waals surface area contributed by atoms with Gasteiger partial charge in [0.05, 0.1) is 26.0 Å². The third-order valence-corrected chi connectivity index (χ3v) is 3.65. The molecule has 0 fully saturated rings. The van der Waals surface area contributed by atoms with E-state index >= 15 is 0 Å². The normalized spacial score (nSPS) is 10.2. The topological polar surface area (TPSA) is 82.8 Å². The number of amides is 1. The number of carbonyl (C=O) groups excluding carboxylic acids is 1. The Morgan fingerprint density at radius 1 is 1.04 bits per heavy atom. The zero-order valence-corrected chi connectivity index (χ0v) is 14.4. The minimum atomic E-state index is -0.373. The number of para-hydroxylation sites is 2. The molecular weight excluding hydrogens is 336 g/mol. The van der Waals surface area contributed by atoms with Crippen molar-refractivity contribution in [1.29, 1.82) is 0 Å². The highest BCUT2D eigenvalue weighted by molar-refractivity contribution is 5.94. The molecule has 1 heterocycles. The number of hydrogen-bond acceptors (Lipinski definition) is 6. The fourth-order valence-electron chi connectivity index (χ4n) is 2.35. The van der Waals surface area contributed by atoms with E-state index < -0.39 is 0 Å². The van der Waals surface area contributed by atoms with E-state index in [0.717, 1.165) is 11.3 Å². The highest BCUT2D eigenvalue weighted by Crippen LogP contribution is 2.29. The van der Waals surface area contributed by atoms with Gasteiger partial charge in [0.1, 0.15) is 5.75 Å². The highest BCUT2D eigenvalue weighted by Gasteiger charge is 2.14. The first kappa shape index (κ1) is 17.3.